The van der Waals surface area contributed by atoms with Crippen molar-refractivity contribution in [2.75, 3.05) is 26.4 Å². The Labute approximate surface area is 316 Å². The van der Waals surface area contributed by atoms with Crippen LogP contribution in [0.1, 0.15) is 233 Å². The zero-order chi connectivity index (χ0) is 36.6. The summed E-state index contributed by atoms with van der Waals surface area (Å²) in [4.78, 5) is 10.1. The Morgan fingerprint density at radius 1 is 0.460 bits per heavy atom. The van der Waals surface area contributed by atoms with Crippen molar-refractivity contribution in [3.05, 3.63) is 0 Å². The van der Waals surface area contributed by atoms with Gasteiger partial charge in [0.2, 0.25) is 0 Å². The van der Waals surface area contributed by atoms with Crippen LogP contribution in [-0.2, 0) is 18.3 Å². The summed E-state index contributed by atoms with van der Waals surface area (Å²) in [6, 6.07) is -0.919. The van der Waals surface area contributed by atoms with Crippen LogP contribution in [0.3, 0.4) is 0 Å². The molecule has 0 aromatic heterocycles. The fraction of sp³-hybridized carbons (Fsp3) is 1.00. The first-order chi connectivity index (χ1) is 24.4. The lowest BCUT2D eigenvalue weighted by Gasteiger charge is -2.26. The van der Waals surface area contributed by atoms with E-state index in [1.807, 2.05) is 13.8 Å². The van der Waals surface area contributed by atoms with E-state index in [1.54, 1.807) is 0 Å². The first kappa shape index (κ1) is 50.6. The second-order valence-electron chi connectivity index (χ2n) is 15.7. The van der Waals surface area contributed by atoms with Crippen molar-refractivity contribution in [1.29, 1.82) is 0 Å². The van der Waals surface area contributed by atoms with E-state index in [4.69, 9.17) is 18.3 Å². The summed E-state index contributed by atoms with van der Waals surface area (Å²) in [6.45, 7) is 10.4. The maximum Gasteiger partial charge on any atom is 0.329 e. The SMILES string of the molecule is CCCCCCCCCCCCCCCCCCOPC(O)OCC(C)(C)COP(O)OCCCCCCCCCCCCCCCCCC. The Balaban J connectivity index is 3.45. The summed E-state index contributed by atoms with van der Waals surface area (Å²) in [5, 5.41) is 10.2. The molecule has 6 nitrogen and oxygen atoms in total. The van der Waals surface area contributed by atoms with E-state index in [2.05, 4.69) is 13.8 Å². The first-order valence-corrected chi connectivity index (χ1v) is 23.9. The van der Waals surface area contributed by atoms with Crippen molar-refractivity contribution in [2.45, 2.75) is 239 Å². The van der Waals surface area contributed by atoms with Crippen molar-refractivity contribution >= 4 is 17.4 Å². The normalized spacial score (nSPS) is 13.6. The summed E-state index contributed by atoms with van der Waals surface area (Å²) in [6.07, 6.45) is 43.1. The van der Waals surface area contributed by atoms with E-state index >= 15 is 0 Å². The lowest BCUT2D eigenvalue weighted by molar-refractivity contribution is -0.0768. The van der Waals surface area contributed by atoms with Gasteiger partial charge in [-0.05, 0) is 12.8 Å². The highest BCUT2D eigenvalue weighted by Crippen LogP contribution is 2.36. The van der Waals surface area contributed by atoms with E-state index in [0.29, 0.717) is 26.4 Å². The van der Waals surface area contributed by atoms with Crippen LogP contribution in [0.4, 0.5) is 0 Å². The fourth-order valence-corrected chi connectivity index (χ4v) is 7.67. The third-order valence-electron chi connectivity index (χ3n) is 9.68. The van der Waals surface area contributed by atoms with E-state index in [1.165, 1.54) is 186 Å². The molecule has 0 heterocycles. The van der Waals surface area contributed by atoms with Gasteiger partial charge in [0.25, 0.3) is 0 Å². The fourth-order valence-electron chi connectivity index (χ4n) is 6.29. The molecule has 0 amide bonds. The second kappa shape index (κ2) is 40.8. The molecule has 0 aliphatic carbocycles. The largest absolute Gasteiger partial charge is 0.363 e. The van der Waals surface area contributed by atoms with Gasteiger partial charge >= 0.3 is 8.60 Å². The highest BCUT2D eigenvalue weighted by atomic mass is 31.2. The zero-order valence-electron chi connectivity index (χ0n) is 34.0. The number of hydrogen-bond acceptors (Lipinski definition) is 6. The molecule has 0 aromatic rings. The minimum absolute atomic E-state index is 0.0795. The highest BCUT2D eigenvalue weighted by Gasteiger charge is 2.23. The van der Waals surface area contributed by atoms with Crippen LogP contribution in [0.15, 0.2) is 0 Å². The van der Waals surface area contributed by atoms with E-state index in [0.717, 1.165) is 19.3 Å². The molecular formula is C42H88O6P2. The van der Waals surface area contributed by atoms with Crippen LogP contribution in [0.2, 0.25) is 0 Å². The number of hydrogen-bond donors (Lipinski definition) is 2. The van der Waals surface area contributed by atoms with Gasteiger partial charge in [-0.15, -0.1) is 0 Å². The molecule has 3 atom stereocenters. The van der Waals surface area contributed by atoms with Gasteiger partial charge in [-0.3, -0.25) is 0 Å². The predicted octanol–water partition coefficient (Wildman–Crippen LogP) is 14.7. The van der Waals surface area contributed by atoms with Gasteiger partial charge in [-0.2, -0.15) is 0 Å². The Morgan fingerprint density at radius 3 is 1.14 bits per heavy atom. The van der Waals surface area contributed by atoms with Crippen LogP contribution in [0.25, 0.3) is 0 Å². The van der Waals surface area contributed by atoms with Crippen molar-refractivity contribution in [3.63, 3.8) is 0 Å². The summed E-state index contributed by atoms with van der Waals surface area (Å²) in [5.41, 5.74) is -0.347. The number of aliphatic hydroxyl groups excluding tert-OH is 1. The summed E-state index contributed by atoms with van der Waals surface area (Å²) in [7, 11) is -1.96. The maximum atomic E-state index is 10.2. The molecule has 0 bridgehead atoms. The molecule has 0 aromatic carbocycles. The predicted molar refractivity (Wildman–Crippen MR) is 220 cm³/mol. The molecule has 0 saturated carbocycles. The zero-order valence-corrected chi connectivity index (χ0v) is 35.9. The van der Waals surface area contributed by atoms with Gasteiger partial charge < -0.3 is 28.3 Å². The quantitative estimate of drug-likeness (QED) is 0.0367. The molecule has 0 spiro atoms. The summed E-state index contributed by atoms with van der Waals surface area (Å²) >= 11 is 0. The Bertz CT molecular complexity index is 641. The summed E-state index contributed by atoms with van der Waals surface area (Å²) < 4.78 is 22.4. The van der Waals surface area contributed by atoms with E-state index in [-0.39, 0.29) is 14.2 Å². The Morgan fingerprint density at radius 2 is 0.780 bits per heavy atom. The number of rotatable bonds is 43. The minimum atomic E-state index is -1.88. The molecule has 3 unspecified atom stereocenters. The van der Waals surface area contributed by atoms with Crippen molar-refractivity contribution < 1.29 is 28.3 Å². The van der Waals surface area contributed by atoms with Crippen molar-refractivity contribution in [1.82, 2.24) is 0 Å². The van der Waals surface area contributed by atoms with Gasteiger partial charge in [0.15, 0.2) is 6.03 Å². The van der Waals surface area contributed by atoms with Gasteiger partial charge in [0, 0.05) is 5.41 Å². The maximum absolute atomic E-state index is 10.2. The van der Waals surface area contributed by atoms with Gasteiger partial charge in [0.05, 0.1) is 35.2 Å². The van der Waals surface area contributed by atoms with Crippen LogP contribution >= 0.6 is 17.4 Å². The smallest absolute Gasteiger partial charge is 0.329 e. The monoisotopic (exact) mass is 751 g/mol. The molecule has 0 rings (SSSR count). The van der Waals surface area contributed by atoms with Gasteiger partial charge in [-0.1, -0.05) is 220 Å². The lowest BCUT2D eigenvalue weighted by atomic mass is 9.97. The van der Waals surface area contributed by atoms with Crippen molar-refractivity contribution in [3.8, 4) is 0 Å². The van der Waals surface area contributed by atoms with E-state index in [9.17, 15) is 10.00 Å². The number of unbranched alkanes of at least 4 members (excludes halogenated alkanes) is 30. The van der Waals surface area contributed by atoms with Crippen molar-refractivity contribution in [2.24, 2.45) is 5.41 Å². The van der Waals surface area contributed by atoms with Gasteiger partial charge in [-0.25, -0.2) is 0 Å². The average Bonchev–Trinajstić information content (AvgIpc) is 3.10. The Kier molecular flexibility index (Phi) is 41.3. The third kappa shape index (κ3) is 41.4. The van der Waals surface area contributed by atoms with Crippen LogP contribution in [-0.4, -0.2) is 42.5 Å². The highest BCUT2D eigenvalue weighted by molar-refractivity contribution is 7.40. The third-order valence-corrected chi connectivity index (χ3v) is 11.2. The average molecular weight is 751 g/mol. The standard InChI is InChI=1S/C42H88O6P2/c1-5-7-9-11-13-15-17-19-21-23-25-27-29-31-33-35-37-46-49-41(43)45-39-42(3,4)40-48-50(44)47-38-36-34-32-30-28-26-24-22-20-18-16-14-12-10-8-6-2/h41,43-44,49H,5-40H2,1-4H3. The number of ether oxygens (including phenoxy) is 1. The Hall–Kier alpha value is 0.620. The minimum Gasteiger partial charge on any atom is -0.363 e. The second-order valence-corrected chi connectivity index (χ2v) is 17.8. The summed E-state index contributed by atoms with van der Waals surface area (Å²) in [5.74, 6) is 0. The molecule has 50 heavy (non-hydrogen) atoms. The molecule has 0 radical (unpaired) electrons. The number of aliphatic hydroxyl groups is 1. The molecule has 0 aliphatic rings. The first-order valence-electron chi connectivity index (χ1n) is 21.8. The molecule has 0 fully saturated rings. The van der Waals surface area contributed by atoms with Crippen LogP contribution < -0.4 is 0 Å². The molecule has 8 heteroatoms. The topological polar surface area (TPSA) is 77.4 Å². The van der Waals surface area contributed by atoms with Gasteiger partial charge in [0.1, 0.15) is 0 Å². The van der Waals surface area contributed by atoms with E-state index < -0.39 is 14.6 Å². The van der Waals surface area contributed by atoms with Crippen LogP contribution in [0.5, 0.6) is 0 Å². The molecule has 302 valence electrons. The lowest BCUT2D eigenvalue weighted by Crippen LogP contribution is -2.27. The molecule has 0 saturated heterocycles. The molecule has 0 aliphatic heterocycles. The van der Waals surface area contributed by atoms with Crippen LogP contribution in [0, 0.1) is 5.41 Å². The molecule has 2 N–H and O–H groups in total. The molecular weight excluding hydrogens is 662 g/mol.